The van der Waals surface area contributed by atoms with Gasteiger partial charge in [-0.25, -0.2) is 0 Å². The van der Waals surface area contributed by atoms with Crippen LogP contribution in [0.1, 0.15) is 49.8 Å². The van der Waals surface area contributed by atoms with Crippen LogP contribution in [0.3, 0.4) is 0 Å². The smallest absolute Gasteiger partial charge is 0.329 e. The van der Waals surface area contributed by atoms with E-state index in [4.69, 9.17) is 5.73 Å². The van der Waals surface area contributed by atoms with Crippen LogP contribution in [-0.4, -0.2) is 24.0 Å². The van der Waals surface area contributed by atoms with Crippen molar-refractivity contribution in [2.75, 3.05) is 13.1 Å². The number of alkyl halides is 3. The highest BCUT2D eigenvalue weighted by Gasteiger charge is 2.35. The molecule has 2 nitrogen and oxygen atoms in total. The van der Waals surface area contributed by atoms with Crippen molar-refractivity contribution >= 4 is 0 Å². The average Bonchev–Trinajstić information content (AvgIpc) is 3.27. The van der Waals surface area contributed by atoms with Crippen LogP contribution < -0.4 is 5.73 Å². The fraction of sp³-hybridized carbons (Fsp3) is 0.625. The molecule has 0 saturated heterocycles. The maximum absolute atomic E-state index is 12.9. The summed E-state index contributed by atoms with van der Waals surface area (Å²) in [4.78, 5) is 2.29. The van der Waals surface area contributed by atoms with E-state index in [1.807, 2.05) is 0 Å². The quantitative estimate of drug-likeness (QED) is 0.825. The topological polar surface area (TPSA) is 29.3 Å². The van der Waals surface area contributed by atoms with Gasteiger partial charge >= 0.3 is 6.18 Å². The fourth-order valence-corrected chi connectivity index (χ4v) is 2.72. The van der Waals surface area contributed by atoms with Gasteiger partial charge in [0.05, 0.1) is 5.56 Å². The Bertz CT molecular complexity index is 455. The lowest BCUT2D eigenvalue weighted by molar-refractivity contribution is -0.137. The Labute approximate surface area is 124 Å². The van der Waals surface area contributed by atoms with Gasteiger partial charge in [0.1, 0.15) is 0 Å². The van der Waals surface area contributed by atoms with Crippen molar-refractivity contribution in [3.63, 3.8) is 0 Å². The van der Waals surface area contributed by atoms with Crippen LogP contribution in [0.2, 0.25) is 0 Å². The molecule has 118 valence electrons. The third kappa shape index (κ3) is 4.20. The van der Waals surface area contributed by atoms with Crippen LogP contribution in [0, 0.1) is 0 Å². The molecule has 1 aliphatic rings. The van der Waals surface area contributed by atoms with Gasteiger partial charge in [0.15, 0.2) is 0 Å². The molecular formula is C16H23F3N2. The van der Waals surface area contributed by atoms with Crippen molar-refractivity contribution < 1.29 is 13.2 Å². The normalized spacial score (nSPS) is 17.2. The van der Waals surface area contributed by atoms with Crippen molar-refractivity contribution in [3.8, 4) is 0 Å². The standard InChI is InChI=1S/C16H23F3N2/c1-2-3-9-21(14-7-8-14)15(11-20)12-5-4-6-13(10-12)16(17,18)19/h4-6,10,14-15H,2-3,7-9,11,20H2,1H3. The van der Waals surface area contributed by atoms with Crippen molar-refractivity contribution in [1.29, 1.82) is 0 Å². The first-order chi connectivity index (χ1) is 9.97. The van der Waals surface area contributed by atoms with Gasteiger partial charge in [-0.15, -0.1) is 0 Å². The molecule has 0 aliphatic heterocycles. The highest BCUT2D eigenvalue weighted by molar-refractivity contribution is 5.28. The van der Waals surface area contributed by atoms with Crippen LogP contribution in [0.4, 0.5) is 13.2 Å². The summed E-state index contributed by atoms with van der Waals surface area (Å²) in [6, 6.07) is 5.97. The molecular weight excluding hydrogens is 277 g/mol. The first-order valence-electron chi connectivity index (χ1n) is 7.60. The Morgan fingerprint density at radius 2 is 2.05 bits per heavy atom. The van der Waals surface area contributed by atoms with E-state index in [-0.39, 0.29) is 6.04 Å². The van der Waals surface area contributed by atoms with Gasteiger partial charge in [-0.2, -0.15) is 13.2 Å². The first-order valence-corrected chi connectivity index (χ1v) is 7.60. The summed E-state index contributed by atoms with van der Waals surface area (Å²) in [5.41, 5.74) is 5.96. The van der Waals surface area contributed by atoms with Gasteiger partial charge in [-0.05, 0) is 43.5 Å². The summed E-state index contributed by atoms with van der Waals surface area (Å²) in [7, 11) is 0. The molecule has 1 aromatic carbocycles. The van der Waals surface area contributed by atoms with E-state index in [2.05, 4.69) is 11.8 Å². The lowest BCUT2D eigenvalue weighted by Crippen LogP contribution is -2.36. The minimum Gasteiger partial charge on any atom is -0.329 e. The van der Waals surface area contributed by atoms with Crippen molar-refractivity contribution in [2.45, 2.75) is 50.9 Å². The Hall–Kier alpha value is -1.07. The first kappa shape index (κ1) is 16.3. The summed E-state index contributed by atoms with van der Waals surface area (Å²) in [5, 5.41) is 0. The number of halogens is 3. The molecule has 2 N–H and O–H groups in total. The van der Waals surface area contributed by atoms with Crippen molar-refractivity contribution in [3.05, 3.63) is 35.4 Å². The summed E-state index contributed by atoms with van der Waals surface area (Å²) < 4.78 is 38.6. The van der Waals surface area contributed by atoms with Gasteiger partial charge in [0.25, 0.3) is 0 Å². The molecule has 5 heteroatoms. The highest BCUT2D eigenvalue weighted by Crippen LogP contribution is 2.36. The predicted molar refractivity (Wildman–Crippen MR) is 77.9 cm³/mol. The SMILES string of the molecule is CCCCN(C1CC1)C(CN)c1cccc(C(F)(F)F)c1. The summed E-state index contributed by atoms with van der Waals surface area (Å²) in [6.07, 6.45) is 0.0659. The van der Waals surface area contributed by atoms with E-state index in [1.54, 1.807) is 6.07 Å². The van der Waals surface area contributed by atoms with Crippen molar-refractivity contribution in [1.82, 2.24) is 4.90 Å². The molecule has 2 rings (SSSR count). The predicted octanol–water partition coefficient (Wildman–Crippen LogP) is 3.97. The zero-order valence-corrected chi connectivity index (χ0v) is 12.4. The van der Waals surface area contributed by atoms with Gasteiger partial charge < -0.3 is 5.73 Å². The minimum atomic E-state index is -4.30. The molecule has 0 heterocycles. The summed E-state index contributed by atoms with van der Waals surface area (Å²) in [6.45, 7) is 3.37. The molecule has 1 atom stereocenters. The minimum absolute atomic E-state index is 0.119. The van der Waals surface area contributed by atoms with E-state index in [1.165, 1.54) is 12.1 Å². The molecule has 1 aromatic rings. The number of nitrogens with zero attached hydrogens (tertiary/aromatic N) is 1. The molecule has 0 aromatic heterocycles. The largest absolute Gasteiger partial charge is 0.416 e. The number of benzene rings is 1. The van der Waals surface area contributed by atoms with E-state index in [0.717, 1.165) is 38.3 Å². The third-order valence-electron chi connectivity index (χ3n) is 4.01. The Kier molecular flexibility index (Phi) is 5.27. The van der Waals surface area contributed by atoms with Gasteiger partial charge in [-0.1, -0.05) is 25.5 Å². The molecule has 1 aliphatic carbocycles. The van der Waals surface area contributed by atoms with Crippen LogP contribution in [0.15, 0.2) is 24.3 Å². The average molecular weight is 300 g/mol. The van der Waals surface area contributed by atoms with Gasteiger partial charge in [0.2, 0.25) is 0 Å². The van der Waals surface area contributed by atoms with Gasteiger partial charge in [0, 0.05) is 18.6 Å². The zero-order valence-electron chi connectivity index (χ0n) is 12.4. The third-order valence-corrected chi connectivity index (χ3v) is 4.01. The second-order valence-electron chi connectivity index (χ2n) is 5.70. The second-order valence-corrected chi connectivity index (χ2v) is 5.70. The molecule has 0 bridgehead atoms. The van der Waals surface area contributed by atoms with Crippen LogP contribution >= 0.6 is 0 Å². The Balaban J connectivity index is 2.22. The fourth-order valence-electron chi connectivity index (χ4n) is 2.72. The Morgan fingerprint density at radius 1 is 1.33 bits per heavy atom. The monoisotopic (exact) mass is 300 g/mol. The molecule has 0 amide bonds. The molecule has 1 fully saturated rings. The maximum Gasteiger partial charge on any atom is 0.416 e. The number of hydrogen-bond acceptors (Lipinski definition) is 2. The van der Waals surface area contributed by atoms with Gasteiger partial charge in [-0.3, -0.25) is 4.90 Å². The lowest BCUT2D eigenvalue weighted by Gasteiger charge is -2.31. The number of rotatable bonds is 7. The number of hydrogen-bond donors (Lipinski definition) is 1. The zero-order chi connectivity index (χ0) is 15.5. The number of nitrogens with two attached hydrogens (primary N) is 1. The molecule has 0 radical (unpaired) electrons. The lowest BCUT2D eigenvalue weighted by atomic mass is 10.0. The van der Waals surface area contributed by atoms with Crippen molar-refractivity contribution in [2.24, 2.45) is 5.73 Å². The van der Waals surface area contributed by atoms with Crippen LogP contribution in [-0.2, 0) is 6.18 Å². The molecule has 1 saturated carbocycles. The molecule has 1 unspecified atom stereocenters. The van der Waals surface area contributed by atoms with E-state index >= 15 is 0 Å². The van der Waals surface area contributed by atoms with E-state index in [0.29, 0.717) is 18.2 Å². The van der Waals surface area contributed by atoms with E-state index < -0.39 is 11.7 Å². The molecule has 21 heavy (non-hydrogen) atoms. The van der Waals surface area contributed by atoms with Crippen LogP contribution in [0.25, 0.3) is 0 Å². The highest BCUT2D eigenvalue weighted by atomic mass is 19.4. The van der Waals surface area contributed by atoms with Crippen LogP contribution in [0.5, 0.6) is 0 Å². The summed E-state index contributed by atoms with van der Waals surface area (Å²) in [5.74, 6) is 0. The van der Waals surface area contributed by atoms with E-state index in [9.17, 15) is 13.2 Å². The molecule has 0 spiro atoms. The maximum atomic E-state index is 12.9. The summed E-state index contributed by atoms with van der Waals surface area (Å²) >= 11 is 0. The Morgan fingerprint density at radius 3 is 2.57 bits per heavy atom. The second kappa shape index (κ2) is 6.79. The number of unbranched alkanes of at least 4 members (excludes halogenated alkanes) is 1.